The summed E-state index contributed by atoms with van der Waals surface area (Å²) < 4.78 is 15.7. The standard InChI is InChI=1S/C20H20ClNO4/c1-24-16-8-14(9-17(11-16)25-2)20(23)26-7-3-4-13-12-22-19-6-5-15(21)10-18(13)19/h5-6,8-12,22H,3-4,7H2,1-2H3. The molecule has 6 heteroatoms. The lowest BCUT2D eigenvalue weighted by Gasteiger charge is -2.09. The number of aryl methyl sites for hydroxylation is 1. The Morgan fingerprint density at radius 2 is 1.81 bits per heavy atom. The van der Waals surface area contributed by atoms with Crippen LogP contribution >= 0.6 is 11.6 Å². The Morgan fingerprint density at radius 1 is 1.08 bits per heavy atom. The van der Waals surface area contributed by atoms with Crippen molar-refractivity contribution in [1.29, 1.82) is 0 Å². The maximum absolute atomic E-state index is 12.2. The summed E-state index contributed by atoms with van der Waals surface area (Å²) >= 11 is 6.06. The molecule has 0 aliphatic heterocycles. The number of carbonyl (C=O) groups is 1. The van der Waals surface area contributed by atoms with E-state index in [1.165, 1.54) is 14.2 Å². The van der Waals surface area contributed by atoms with Crippen molar-refractivity contribution < 1.29 is 19.0 Å². The lowest BCUT2D eigenvalue weighted by molar-refractivity contribution is 0.0500. The van der Waals surface area contributed by atoms with Crippen LogP contribution in [0.4, 0.5) is 0 Å². The van der Waals surface area contributed by atoms with Gasteiger partial charge in [0.1, 0.15) is 11.5 Å². The van der Waals surface area contributed by atoms with E-state index in [4.69, 9.17) is 25.8 Å². The second-order valence-electron chi connectivity index (χ2n) is 5.84. The van der Waals surface area contributed by atoms with Crippen LogP contribution in [0.15, 0.2) is 42.6 Å². The van der Waals surface area contributed by atoms with Crippen LogP contribution in [0.5, 0.6) is 11.5 Å². The summed E-state index contributed by atoms with van der Waals surface area (Å²) in [5.74, 6) is 0.697. The number of hydrogen-bond acceptors (Lipinski definition) is 4. The molecule has 0 saturated carbocycles. The first-order valence-corrected chi connectivity index (χ1v) is 8.64. The van der Waals surface area contributed by atoms with Gasteiger partial charge in [-0.15, -0.1) is 0 Å². The van der Waals surface area contributed by atoms with Crippen LogP contribution in [-0.2, 0) is 11.2 Å². The van der Waals surface area contributed by atoms with Gasteiger partial charge in [0.2, 0.25) is 0 Å². The van der Waals surface area contributed by atoms with Gasteiger partial charge in [0, 0.05) is 28.2 Å². The fourth-order valence-corrected chi connectivity index (χ4v) is 2.97. The van der Waals surface area contributed by atoms with Gasteiger partial charge in [-0.1, -0.05) is 11.6 Å². The number of aromatic amines is 1. The van der Waals surface area contributed by atoms with Gasteiger partial charge in [-0.3, -0.25) is 0 Å². The number of nitrogens with one attached hydrogen (secondary N) is 1. The van der Waals surface area contributed by atoms with Crippen molar-refractivity contribution in [2.24, 2.45) is 0 Å². The van der Waals surface area contributed by atoms with Crippen molar-refractivity contribution in [1.82, 2.24) is 4.98 Å². The average Bonchev–Trinajstić information content (AvgIpc) is 3.06. The molecule has 2 aromatic carbocycles. The van der Waals surface area contributed by atoms with Crippen molar-refractivity contribution in [3.8, 4) is 11.5 Å². The van der Waals surface area contributed by atoms with Gasteiger partial charge in [-0.05, 0) is 48.7 Å². The molecule has 0 saturated heterocycles. The first kappa shape index (κ1) is 18.1. The van der Waals surface area contributed by atoms with E-state index in [1.807, 2.05) is 24.4 Å². The largest absolute Gasteiger partial charge is 0.497 e. The molecule has 136 valence electrons. The number of rotatable bonds is 7. The fraction of sp³-hybridized carbons (Fsp3) is 0.250. The molecule has 0 amide bonds. The predicted molar refractivity (Wildman–Crippen MR) is 101 cm³/mol. The number of benzene rings is 2. The Hall–Kier alpha value is -2.66. The Bertz CT molecular complexity index is 897. The Balaban J connectivity index is 1.57. The zero-order valence-corrected chi connectivity index (χ0v) is 15.4. The Kier molecular flexibility index (Phi) is 5.68. The molecule has 0 radical (unpaired) electrons. The number of carbonyl (C=O) groups excluding carboxylic acids is 1. The summed E-state index contributed by atoms with van der Waals surface area (Å²) in [5, 5.41) is 1.80. The van der Waals surface area contributed by atoms with Gasteiger partial charge in [-0.2, -0.15) is 0 Å². The lowest BCUT2D eigenvalue weighted by atomic mass is 10.1. The smallest absolute Gasteiger partial charge is 0.338 e. The first-order chi connectivity index (χ1) is 12.6. The van der Waals surface area contributed by atoms with Crippen LogP contribution in [0.2, 0.25) is 5.02 Å². The van der Waals surface area contributed by atoms with Crippen LogP contribution in [0.1, 0.15) is 22.3 Å². The Labute approximate surface area is 156 Å². The van der Waals surface area contributed by atoms with E-state index in [-0.39, 0.29) is 0 Å². The summed E-state index contributed by atoms with van der Waals surface area (Å²) in [6, 6.07) is 10.7. The van der Waals surface area contributed by atoms with Gasteiger partial charge < -0.3 is 19.2 Å². The van der Waals surface area contributed by atoms with Crippen molar-refractivity contribution in [2.75, 3.05) is 20.8 Å². The van der Waals surface area contributed by atoms with E-state index in [0.717, 1.165) is 22.9 Å². The summed E-state index contributed by atoms with van der Waals surface area (Å²) in [6.07, 6.45) is 3.47. The fourth-order valence-electron chi connectivity index (χ4n) is 2.79. The van der Waals surface area contributed by atoms with E-state index in [2.05, 4.69) is 4.98 Å². The molecule has 3 rings (SSSR count). The molecule has 0 atom stereocenters. The van der Waals surface area contributed by atoms with Crippen molar-refractivity contribution in [3.05, 3.63) is 58.7 Å². The number of fused-ring (bicyclic) bond motifs is 1. The first-order valence-electron chi connectivity index (χ1n) is 8.26. The third kappa shape index (κ3) is 4.11. The molecule has 0 fully saturated rings. The molecule has 0 aliphatic rings. The third-order valence-electron chi connectivity index (χ3n) is 4.14. The van der Waals surface area contributed by atoms with Crippen LogP contribution < -0.4 is 9.47 Å². The second-order valence-corrected chi connectivity index (χ2v) is 6.28. The molecule has 0 bridgehead atoms. The molecule has 26 heavy (non-hydrogen) atoms. The summed E-state index contributed by atoms with van der Waals surface area (Å²) in [7, 11) is 3.08. The number of H-pyrrole nitrogens is 1. The highest BCUT2D eigenvalue weighted by Gasteiger charge is 2.11. The van der Waals surface area contributed by atoms with Crippen molar-refractivity contribution in [2.45, 2.75) is 12.8 Å². The monoisotopic (exact) mass is 373 g/mol. The number of methoxy groups -OCH3 is 2. The number of halogens is 1. The summed E-state index contributed by atoms with van der Waals surface area (Å²) in [4.78, 5) is 15.5. The highest BCUT2D eigenvalue weighted by Crippen LogP contribution is 2.24. The van der Waals surface area contributed by atoms with Gasteiger partial charge in [0.25, 0.3) is 0 Å². The zero-order valence-electron chi connectivity index (χ0n) is 14.7. The second kappa shape index (κ2) is 8.15. The van der Waals surface area contributed by atoms with Gasteiger partial charge in [-0.25, -0.2) is 4.79 Å². The normalized spacial score (nSPS) is 10.7. The molecule has 3 aromatic rings. The molecule has 0 unspecified atom stereocenters. The quantitative estimate of drug-likeness (QED) is 0.484. The molecule has 0 spiro atoms. The molecule has 1 N–H and O–H groups in total. The van der Waals surface area contributed by atoms with Crippen molar-refractivity contribution in [3.63, 3.8) is 0 Å². The number of aromatic nitrogens is 1. The number of ether oxygens (including phenoxy) is 3. The van der Waals surface area contributed by atoms with Crippen LogP contribution in [0, 0.1) is 0 Å². The summed E-state index contributed by atoms with van der Waals surface area (Å²) in [5.41, 5.74) is 2.60. The summed E-state index contributed by atoms with van der Waals surface area (Å²) in [6.45, 7) is 0.325. The van der Waals surface area contributed by atoms with Crippen molar-refractivity contribution >= 4 is 28.5 Å². The average molecular weight is 374 g/mol. The van der Waals surface area contributed by atoms with Crippen LogP contribution in [0.25, 0.3) is 10.9 Å². The van der Waals surface area contributed by atoms with Gasteiger partial charge in [0.15, 0.2) is 0 Å². The van der Waals surface area contributed by atoms with Crippen LogP contribution in [-0.4, -0.2) is 31.8 Å². The van der Waals surface area contributed by atoms with E-state index >= 15 is 0 Å². The maximum Gasteiger partial charge on any atom is 0.338 e. The van der Waals surface area contributed by atoms with E-state index in [9.17, 15) is 4.79 Å². The Morgan fingerprint density at radius 3 is 2.50 bits per heavy atom. The molecule has 1 heterocycles. The SMILES string of the molecule is COc1cc(OC)cc(C(=O)OCCCc2c[nH]c3ccc(Cl)cc23)c1. The predicted octanol–water partition coefficient (Wildman–Crippen LogP) is 4.63. The van der Waals surface area contributed by atoms with Gasteiger partial charge in [0.05, 0.1) is 26.4 Å². The minimum absolute atomic E-state index is 0.325. The minimum Gasteiger partial charge on any atom is -0.497 e. The van der Waals surface area contributed by atoms with E-state index < -0.39 is 5.97 Å². The molecule has 5 nitrogen and oxygen atoms in total. The third-order valence-corrected chi connectivity index (χ3v) is 4.38. The van der Waals surface area contributed by atoms with Gasteiger partial charge >= 0.3 is 5.97 Å². The highest BCUT2D eigenvalue weighted by atomic mass is 35.5. The molecule has 1 aromatic heterocycles. The minimum atomic E-state index is -0.399. The van der Waals surface area contributed by atoms with Crippen LogP contribution in [0.3, 0.4) is 0 Å². The molecular formula is C20H20ClNO4. The van der Waals surface area contributed by atoms with E-state index in [0.29, 0.717) is 35.1 Å². The topological polar surface area (TPSA) is 60.6 Å². The highest BCUT2D eigenvalue weighted by molar-refractivity contribution is 6.31. The van der Waals surface area contributed by atoms with E-state index in [1.54, 1.807) is 18.2 Å². The maximum atomic E-state index is 12.2. The molecule has 0 aliphatic carbocycles. The zero-order chi connectivity index (χ0) is 18.5. The number of hydrogen-bond donors (Lipinski definition) is 1. The number of esters is 1. The lowest BCUT2D eigenvalue weighted by Crippen LogP contribution is -2.07. The molecular weight excluding hydrogens is 354 g/mol.